The molecule has 0 aliphatic heterocycles. The number of ether oxygens (including phenoxy) is 1. The first-order valence-corrected chi connectivity index (χ1v) is 5.94. The van der Waals surface area contributed by atoms with Crippen molar-refractivity contribution in [3.8, 4) is 5.75 Å². The third-order valence-corrected chi connectivity index (χ3v) is 2.74. The molecule has 0 saturated heterocycles. The van der Waals surface area contributed by atoms with Crippen molar-refractivity contribution in [3.63, 3.8) is 0 Å². The molecule has 1 aromatic rings. The van der Waals surface area contributed by atoms with Crippen molar-refractivity contribution in [3.05, 3.63) is 28.2 Å². The van der Waals surface area contributed by atoms with Gasteiger partial charge in [0.25, 0.3) is 0 Å². The van der Waals surface area contributed by atoms with Crippen LogP contribution in [0.25, 0.3) is 0 Å². The van der Waals surface area contributed by atoms with Gasteiger partial charge in [-0.15, -0.1) is 0 Å². The first-order chi connectivity index (χ1) is 7.63. The number of benzene rings is 1. The lowest BCUT2D eigenvalue weighted by Crippen LogP contribution is -2.00. The Kier molecular flexibility index (Phi) is 5.46. The van der Waals surface area contributed by atoms with Gasteiger partial charge >= 0.3 is 0 Å². The van der Waals surface area contributed by atoms with Gasteiger partial charge in [0.15, 0.2) is 0 Å². The molecule has 1 N–H and O–H groups in total. The average Bonchev–Trinajstić information content (AvgIpc) is 2.25. The van der Waals surface area contributed by atoms with Gasteiger partial charge in [0.05, 0.1) is 4.47 Å². The second kappa shape index (κ2) is 6.63. The van der Waals surface area contributed by atoms with Crippen LogP contribution in [0.3, 0.4) is 0 Å². The fourth-order valence-electron chi connectivity index (χ4n) is 1.30. The highest BCUT2D eigenvalue weighted by Crippen LogP contribution is 2.26. The van der Waals surface area contributed by atoms with Gasteiger partial charge in [-0.3, -0.25) is 0 Å². The molecule has 88 valence electrons. The van der Waals surface area contributed by atoms with E-state index in [2.05, 4.69) is 15.9 Å². The van der Waals surface area contributed by atoms with E-state index in [0.717, 1.165) is 22.9 Å². The van der Waals surface area contributed by atoms with Crippen molar-refractivity contribution >= 4 is 21.6 Å². The summed E-state index contributed by atoms with van der Waals surface area (Å²) in [7, 11) is 0. The third-order valence-electron chi connectivity index (χ3n) is 2.12. The minimum absolute atomic E-state index is 0.0809. The Labute approximate surface area is 103 Å². The number of halogens is 2. The molecule has 1 aromatic carbocycles. The van der Waals surface area contributed by atoms with Crippen LogP contribution in [0.4, 0.5) is 4.39 Å². The van der Waals surface area contributed by atoms with E-state index in [0.29, 0.717) is 11.5 Å². The molecule has 0 aliphatic carbocycles. The third kappa shape index (κ3) is 4.31. The Morgan fingerprint density at radius 2 is 2.25 bits per heavy atom. The number of aryl methyl sites for hydroxylation is 1. The molecule has 0 bridgehead atoms. The van der Waals surface area contributed by atoms with E-state index >= 15 is 0 Å². The Morgan fingerprint density at radius 3 is 2.81 bits per heavy atom. The van der Waals surface area contributed by atoms with Crippen molar-refractivity contribution in [2.75, 3.05) is 13.3 Å². The summed E-state index contributed by atoms with van der Waals surface area (Å²) in [6.07, 6.45) is 1.61. The summed E-state index contributed by atoms with van der Waals surface area (Å²) in [5.41, 5.74) is 1.82. The van der Waals surface area contributed by atoms with E-state index in [1.807, 2.05) is 18.2 Å². The largest absolute Gasteiger partial charge is 0.490 e. The highest BCUT2D eigenvalue weighted by atomic mass is 79.9. The van der Waals surface area contributed by atoms with Crippen LogP contribution in [0.15, 0.2) is 22.7 Å². The monoisotopic (exact) mass is 287 g/mol. The first kappa shape index (κ1) is 13.2. The maximum atomic E-state index is 11.9. The van der Waals surface area contributed by atoms with Gasteiger partial charge in [-0.2, -0.15) is 0 Å². The van der Waals surface area contributed by atoms with Crippen LogP contribution >= 0.6 is 15.9 Å². The molecular weight excluding hydrogens is 273 g/mol. The molecule has 0 aliphatic rings. The fraction of sp³-hybridized carbons (Fsp3) is 0.417. The highest BCUT2D eigenvalue weighted by molar-refractivity contribution is 9.10. The smallest absolute Gasteiger partial charge is 0.133 e. The Hall–Kier alpha value is -0.900. The fourth-order valence-corrected chi connectivity index (χ4v) is 1.84. The van der Waals surface area contributed by atoms with Crippen LogP contribution in [-0.2, 0) is 6.42 Å². The number of rotatable bonds is 6. The van der Waals surface area contributed by atoms with Crippen LogP contribution in [0, 0.1) is 5.41 Å². The van der Waals surface area contributed by atoms with Crippen LogP contribution < -0.4 is 4.74 Å². The standard InChI is InChI=1S/C12H15BrFNO/c1-9(15)2-3-10-4-5-12(11(13)8-10)16-7-6-14/h4-5,8,15H,2-3,6-7H2,1H3. The van der Waals surface area contributed by atoms with Crippen molar-refractivity contribution in [1.82, 2.24) is 0 Å². The lowest BCUT2D eigenvalue weighted by Gasteiger charge is -2.08. The van der Waals surface area contributed by atoms with Gasteiger partial charge in [-0.05, 0) is 53.4 Å². The van der Waals surface area contributed by atoms with Crippen molar-refractivity contribution in [1.29, 1.82) is 5.41 Å². The molecule has 0 aromatic heterocycles. The summed E-state index contributed by atoms with van der Waals surface area (Å²) in [6.45, 7) is 1.40. The molecule has 0 radical (unpaired) electrons. The maximum Gasteiger partial charge on any atom is 0.133 e. The zero-order valence-corrected chi connectivity index (χ0v) is 10.8. The SMILES string of the molecule is CC(=N)CCc1ccc(OCCF)c(Br)c1. The molecule has 0 saturated carbocycles. The molecule has 0 unspecified atom stereocenters. The summed E-state index contributed by atoms with van der Waals surface area (Å²) >= 11 is 3.38. The van der Waals surface area contributed by atoms with Gasteiger partial charge in [0, 0.05) is 5.71 Å². The minimum atomic E-state index is -0.485. The predicted molar refractivity (Wildman–Crippen MR) is 67.3 cm³/mol. The van der Waals surface area contributed by atoms with Gasteiger partial charge in [0.2, 0.25) is 0 Å². The summed E-state index contributed by atoms with van der Waals surface area (Å²) in [5.74, 6) is 0.660. The van der Waals surface area contributed by atoms with Gasteiger partial charge in [-0.25, -0.2) is 4.39 Å². The topological polar surface area (TPSA) is 33.1 Å². The highest BCUT2D eigenvalue weighted by Gasteiger charge is 2.03. The van der Waals surface area contributed by atoms with Crippen molar-refractivity contribution in [2.45, 2.75) is 19.8 Å². The average molecular weight is 288 g/mol. The first-order valence-electron chi connectivity index (χ1n) is 5.14. The molecule has 2 nitrogen and oxygen atoms in total. The molecule has 16 heavy (non-hydrogen) atoms. The summed E-state index contributed by atoms with van der Waals surface area (Å²) < 4.78 is 18.0. The lowest BCUT2D eigenvalue weighted by atomic mass is 10.1. The molecular formula is C12H15BrFNO. The quantitative estimate of drug-likeness (QED) is 0.794. The Balaban J connectivity index is 2.63. The molecule has 0 atom stereocenters. The number of hydrogen-bond donors (Lipinski definition) is 1. The van der Waals surface area contributed by atoms with Crippen LogP contribution in [-0.4, -0.2) is 19.0 Å². The maximum absolute atomic E-state index is 11.9. The van der Waals surface area contributed by atoms with Crippen LogP contribution in [0.1, 0.15) is 18.9 Å². The Bertz CT molecular complexity index is 368. The van der Waals surface area contributed by atoms with E-state index in [4.69, 9.17) is 10.1 Å². The molecule has 0 heterocycles. The number of nitrogens with one attached hydrogen (secondary N) is 1. The van der Waals surface area contributed by atoms with E-state index < -0.39 is 6.67 Å². The minimum Gasteiger partial charge on any atom is -0.490 e. The van der Waals surface area contributed by atoms with Crippen LogP contribution in [0.5, 0.6) is 5.75 Å². The predicted octanol–water partition coefficient (Wildman–Crippen LogP) is 3.77. The van der Waals surface area contributed by atoms with E-state index in [-0.39, 0.29) is 6.61 Å². The van der Waals surface area contributed by atoms with E-state index in [9.17, 15) is 4.39 Å². The zero-order chi connectivity index (χ0) is 12.0. The summed E-state index contributed by atoms with van der Waals surface area (Å²) in [6, 6.07) is 5.73. The lowest BCUT2D eigenvalue weighted by molar-refractivity contribution is 0.272. The van der Waals surface area contributed by atoms with Crippen LogP contribution in [0.2, 0.25) is 0 Å². The normalized spacial score (nSPS) is 10.2. The van der Waals surface area contributed by atoms with Gasteiger partial charge in [-0.1, -0.05) is 6.07 Å². The van der Waals surface area contributed by atoms with Crippen molar-refractivity contribution in [2.24, 2.45) is 0 Å². The molecule has 0 amide bonds. The number of hydrogen-bond acceptors (Lipinski definition) is 2. The van der Waals surface area contributed by atoms with Crippen molar-refractivity contribution < 1.29 is 9.13 Å². The molecule has 4 heteroatoms. The van der Waals surface area contributed by atoms with E-state index in [1.54, 1.807) is 6.92 Å². The Morgan fingerprint density at radius 1 is 1.50 bits per heavy atom. The zero-order valence-electron chi connectivity index (χ0n) is 9.22. The molecule has 1 rings (SSSR count). The second-order valence-corrected chi connectivity index (χ2v) is 4.44. The summed E-state index contributed by atoms with van der Waals surface area (Å²) in [4.78, 5) is 0. The van der Waals surface area contributed by atoms with Gasteiger partial charge in [0.1, 0.15) is 19.0 Å². The van der Waals surface area contributed by atoms with E-state index in [1.165, 1.54) is 0 Å². The molecule has 0 fully saturated rings. The number of alkyl halides is 1. The second-order valence-electron chi connectivity index (χ2n) is 3.58. The van der Waals surface area contributed by atoms with Gasteiger partial charge < -0.3 is 10.1 Å². The summed E-state index contributed by atoms with van der Waals surface area (Å²) in [5, 5.41) is 7.35. The molecule has 0 spiro atoms.